The molecule has 0 fully saturated rings. The van der Waals surface area contributed by atoms with E-state index in [9.17, 15) is 0 Å². The second-order valence-electron chi connectivity index (χ2n) is 4.07. The highest BCUT2D eigenvalue weighted by molar-refractivity contribution is 9.09. The lowest BCUT2D eigenvalue weighted by atomic mass is 10.0. The Hall–Kier alpha value is -0.830. The second-order valence-corrected chi connectivity index (χ2v) is 6.31. The fraction of sp³-hybridized carbons (Fsp3) is 0.0667. The minimum atomic E-state index is 0.141. The van der Waals surface area contributed by atoms with E-state index in [0.29, 0.717) is 0 Å². The third-order valence-corrected chi connectivity index (χ3v) is 5.27. The molecule has 0 amide bonds. The topological polar surface area (TPSA) is 0 Å². The van der Waals surface area contributed by atoms with Crippen molar-refractivity contribution in [3.8, 4) is 0 Å². The molecule has 1 heterocycles. The minimum Gasteiger partial charge on any atom is -0.143 e. The molecular weight excluding hydrogens is 328 g/mol. The van der Waals surface area contributed by atoms with Crippen molar-refractivity contribution in [1.29, 1.82) is 0 Å². The summed E-state index contributed by atoms with van der Waals surface area (Å²) in [5, 5.41) is 4.30. The van der Waals surface area contributed by atoms with Gasteiger partial charge in [-0.25, -0.2) is 0 Å². The summed E-state index contributed by atoms with van der Waals surface area (Å²) in [5.74, 6) is 0. The summed E-state index contributed by atoms with van der Waals surface area (Å²) in [6.07, 6.45) is 0. The lowest BCUT2D eigenvalue weighted by molar-refractivity contribution is 1.21. The molecule has 0 aliphatic rings. The van der Waals surface area contributed by atoms with Gasteiger partial charge in [-0.3, -0.25) is 0 Å². The highest BCUT2D eigenvalue weighted by atomic mass is 79.9. The SMILES string of the molecule is Clc1ccccc1C(Br)c1csc2ccccc12. The molecule has 1 aromatic heterocycles. The largest absolute Gasteiger partial charge is 0.143 e. The van der Waals surface area contributed by atoms with E-state index >= 15 is 0 Å². The quantitative estimate of drug-likeness (QED) is 0.500. The van der Waals surface area contributed by atoms with Crippen molar-refractivity contribution in [2.45, 2.75) is 4.83 Å². The second kappa shape index (κ2) is 5.04. The first-order valence-electron chi connectivity index (χ1n) is 5.62. The summed E-state index contributed by atoms with van der Waals surface area (Å²) >= 11 is 11.8. The minimum absolute atomic E-state index is 0.141. The van der Waals surface area contributed by atoms with Gasteiger partial charge in [-0.15, -0.1) is 11.3 Å². The van der Waals surface area contributed by atoms with Crippen molar-refractivity contribution in [2.24, 2.45) is 0 Å². The van der Waals surface area contributed by atoms with Gasteiger partial charge in [-0.2, -0.15) is 0 Å². The van der Waals surface area contributed by atoms with Crippen LogP contribution < -0.4 is 0 Å². The Balaban J connectivity index is 2.13. The number of hydrogen-bond donors (Lipinski definition) is 0. The van der Waals surface area contributed by atoms with E-state index in [1.54, 1.807) is 11.3 Å². The van der Waals surface area contributed by atoms with Crippen LogP contribution in [0.5, 0.6) is 0 Å². The van der Waals surface area contributed by atoms with Crippen LogP contribution in [-0.4, -0.2) is 0 Å². The Kier molecular flexibility index (Phi) is 3.42. The number of alkyl halides is 1. The number of halogens is 2. The monoisotopic (exact) mass is 336 g/mol. The Morgan fingerprint density at radius 3 is 2.50 bits per heavy atom. The van der Waals surface area contributed by atoms with Crippen molar-refractivity contribution in [2.75, 3.05) is 0 Å². The summed E-state index contributed by atoms with van der Waals surface area (Å²) in [5.41, 5.74) is 2.39. The molecule has 3 aromatic rings. The zero-order valence-electron chi connectivity index (χ0n) is 9.44. The summed E-state index contributed by atoms with van der Waals surface area (Å²) < 4.78 is 1.31. The third kappa shape index (κ3) is 2.09. The van der Waals surface area contributed by atoms with E-state index in [0.717, 1.165) is 10.6 Å². The van der Waals surface area contributed by atoms with Crippen molar-refractivity contribution in [3.05, 3.63) is 70.1 Å². The first-order valence-corrected chi connectivity index (χ1v) is 7.79. The zero-order chi connectivity index (χ0) is 12.5. The van der Waals surface area contributed by atoms with E-state index in [1.165, 1.54) is 15.6 Å². The highest BCUT2D eigenvalue weighted by Crippen LogP contribution is 2.40. The molecule has 3 heteroatoms. The molecule has 0 saturated heterocycles. The van der Waals surface area contributed by atoms with E-state index in [2.05, 4.69) is 51.6 Å². The van der Waals surface area contributed by atoms with Crippen LogP contribution in [-0.2, 0) is 0 Å². The standard InChI is InChI=1S/C15H10BrClS/c16-15(11-6-1-3-7-13(11)17)12-9-18-14-8-4-2-5-10(12)14/h1-9,15H. The third-order valence-electron chi connectivity index (χ3n) is 2.96. The van der Waals surface area contributed by atoms with Gasteiger partial charge in [-0.1, -0.05) is 63.9 Å². The van der Waals surface area contributed by atoms with Crippen LogP contribution in [0, 0.1) is 0 Å². The van der Waals surface area contributed by atoms with Crippen LogP contribution in [0.1, 0.15) is 16.0 Å². The average molecular weight is 338 g/mol. The molecule has 0 aliphatic heterocycles. The summed E-state index contributed by atoms with van der Waals surface area (Å²) in [6, 6.07) is 16.4. The molecule has 90 valence electrons. The van der Waals surface area contributed by atoms with Gasteiger partial charge in [0.25, 0.3) is 0 Å². The van der Waals surface area contributed by atoms with Gasteiger partial charge in [0.1, 0.15) is 0 Å². The van der Waals surface area contributed by atoms with Gasteiger partial charge in [0.15, 0.2) is 0 Å². The lowest BCUT2D eigenvalue weighted by Gasteiger charge is -2.11. The van der Waals surface area contributed by atoms with Crippen LogP contribution in [0.2, 0.25) is 5.02 Å². The molecule has 0 N–H and O–H groups in total. The molecule has 0 radical (unpaired) electrons. The lowest BCUT2D eigenvalue weighted by Crippen LogP contribution is -1.92. The van der Waals surface area contributed by atoms with Crippen LogP contribution >= 0.6 is 38.9 Å². The summed E-state index contributed by atoms with van der Waals surface area (Å²) in [7, 11) is 0. The molecular formula is C15H10BrClS. The molecule has 0 aliphatic carbocycles. The molecule has 3 rings (SSSR count). The van der Waals surface area contributed by atoms with Crippen LogP contribution in [0.15, 0.2) is 53.9 Å². The number of thiophene rings is 1. The predicted molar refractivity (Wildman–Crippen MR) is 84.0 cm³/mol. The molecule has 1 atom stereocenters. The number of fused-ring (bicyclic) bond motifs is 1. The van der Waals surface area contributed by atoms with Crippen molar-refractivity contribution < 1.29 is 0 Å². The first-order chi connectivity index (χ1) is 8.77. The van der Waals surface area contributed by atoms with Gasteiger partial charge >= 0.3 is 0 Å². The van der Waals surface area contributed by atoms with E-state index in [-0.39, 0.29) is 4.83 Å². The maximum atomic E-state index is 6.26. The van der Waals surface area contributed by atoms with Gasteiger partial charge in [0.05, 0.1) is 4.83 Å². The fourth-order valence-corrected chi connectivity index (χ4v) is 4.36. The van der Waals surface area contributed by atoms with Gasteiger partial charge in [-0.05, 0) is 34.0 Å². The molecule has 2 aromatic carbocycles. The highest BCUT2D eigenvalue weighted by Gasteiger charge is 2.16. The first kappa shape index (κ1) is 12.2. The van der Waals surface area contributed by atoms with Crippen molar-refractivity contribution in [1.82, 2.24) is 0 Å². The average Bonchev–Trinajstić information content (AvgIpc) is 2.82. The Morgan fingerprint density at radius 1 is 0.944 bits per heavy atom. The van der Waals surface area contributed by atoms with Crippen LogP contribution in [0.4, 0.5) is 0 Å². The van der Waals surface area contributed by atoms with Gasteiger partial charge < -0.3 is 0 Å². The Morgan fingerprint density at radius 2 is 1.67 bits per heavy atom. The maximum absolute atomic E-state index is 6.26. The Bertz CT molecular complexity index is 690. The van der Waals surface area contributed by atoms with E-state index < -0.39 is 0 Å². The zero-order valence-corrected chi connectivity index (χ0v) is 12.6. The molecule has 0 nitrogen and oxygen atoms in total. The van der Waals surface area contributed by atoms with Crippen LogP contribution in [0.25, 0.3) is 10.1 Å². The molecule has 0 saturated carbocycles. The van der Waals surface area contributed by atoms with Crippen molar-refractivity contribution >= 4 is 49.0 Å². The maximum Gasteiger partial charge on any atom is 0.0673 e. The predicted octanol–water partition coefficient (Wildman–Crippen LogP) is 6.04. The normalized spacial score (nSPS) is 12.8. The summed E-state index contributed by atoms with van der Waals surface area (Å²) in [6.45, 7) is 0. The number of hydrogen-bond acceptors (Lipinski definition) is 1. The summed E-state index contributed by atoms with van der Waals surface area (Å²) in [4.78, 5) is 0.141. The molecule has 1 unspecified atom stereocenters. The van der Waals surface area contributed by atoms with Crippen molar-refractivity contribution in [3.63, 3.8) is 0 Å². The molecule has 18 heavy (non-hydrogen) atoms. The van der Waals surface area contributed by atoms with Gasteiger partial charge in [0, 0.05) is 9.72 Å². The molecule has 0 bridgehead atoms. The van der Waals surface area contributed by atoms with E-state index in [1.807, 2.05) is 18.2 Å². The number of benzene rings is 2. The molecule has 0 spiro atoms. The van der Waals surface area contributed by atoms with Gasteiger partial charge in [0.2, 0.25) is 0 Å². The smallest absolute Gasteiger partial charge is 0.0673 e. The number of rotatable bonds is 2. The van der Waals surface area contributed by atoms with Crippen LogP contribution in [0.3, 0.4) is 0 Å². The van der Waals surface area contributed by atoms with E-state index in [4.69, 9.17) is 11.6 Å². The fourth-order valence-electron chi connectivity index (χ4n) is 2.04. The Labute approximate surface area is 123 Å².